The van der Waals surface area contributed by atoms with E-state index in [0.717, 1.165) is 0 Å². The molecule has 0 aromatic carbocycles. The number of aryl methyl sites for hydroxylation is 2. The second kappa shape index (κ2) is 4.96. The molecule has 1 aromatic rings. The molecule has 0 fully saturated rings. The smallest absolute Gasteiger partial charge is 0.303 e. The Morgan fingerprint density at radius 1 is 1.57 bits per heavy atom. The van der Waals surface area contributed by atoms with Gasteiger partial charge in [0.2, 0.25) is 0 Å². The second-order valence-corrected chi connectivity index (χ2v) is 4.66. The number of hydrogen-bond acceptors (Lipinski definition) is 2. The van der Waals surface area contributed by atoms with Gasteiger partial charge in [0.25, 0.3) is 0 Å². The highest BCUT2D eigenvalue weighted by molar-refractivity contribution is 7.12. The van der Waals surface area contributed by atoms with E-state index in [1.807, 2.05) is 12.2 Å². The Balaban J connectivity index is 2.51. The quantitative estimate of drug-likeness (QED) is 0.828. The topological polar surface area (TPSA) is 37.3 Å². The first kappa shape index (κ1) is 11.0. The minimum absolute atomic E-state index is 0.207. The van der Waals surface area contributed by atoms with Gasteiger partial charge in [-0.05, 0) is 31.9 Å². The maximum Gasteiger partial charge on any atom is 0.303 e. The first-order valence-electron chi connectivity index (χ1n) is 4.55. The van der Waals surface area contributed by atoms with Crippen LogP contribution in [0.15, 0.2) is 12.1 Å². The zero-order chi connectivity index (χ0) is 10.6. The van der Waals surface area contributed by atoms with Gasteiger partial charge in [0, 0.05) is 16.2 Å². The van der Waals surface area contributed by atoms with Crippen molar-refractivity contribution in [3.63, 3.8) is 0 Å². The highest BCUT2D eigenvalue weighted by atomic mass is 32.1. The molecule has 1 rings (SSSR count). The van der Waals surface area contributed by atoms with Crippen molar-refractivity contribution in [3.8, 4) is 0 Å². The molecule has 0 atom stereocenters. The predicted octanol–water partition coefficient (Wildman–Crippen LogP) is 3.24. The summed E-state index contributed by atoms with van der Waals surface area (Å²) in [7, 11) is 0. The third kappa shape index (κ3) is 3.34. The third-order valence-corrected chi connectivity index (χ3v) is 2.88. The molecule has 1 aromatic heterocycles. The van der Waals surface area contributed by atoms with Crippen molar-refractivity contribution < 1.29 is 9.90 Å². The lowest BCUT2D eigenvalue weighted by Gasteiger charge is -1.89. The van der Waals surface area contributed by atoms with Crippen LogP contribution in [0.2, 0.25) is 0 Å². The molecular weight excluding hydrogens is 196 g/mol. The number of hydrogen-bond donors (Lipinski definition) is 1. The Morgan fingerprint density at radius 2 is 2.29 bits per heavy atom. The highest BCUT2D eigenvalue weighted by Gasteiger charge is 1.98. The van der Waals surface area contributed by atoms with Crippen LogP contribution < -0.4 is 0 Å². The van der Waals surface area contributed by atoms with Crippen LogP contribution >= 0.6 is 11.3 Å². The highest BCUT2D eigenvalue weighted by Crippen LogP contribution is 2.21. The zero-order valence-corrected chi connectivity index (χ0v) is 9.23. The molecule has 3 heteroatoms. The normalized spacial score (nSPS) is 11.0. The summed E-state index contributed by atoms with van der Waals surface area (Å²) < 4.78 is 0. The fraction of sp³-hybridized carbons (Fsp3) is 0.364. The third-order valence-electron chi connectivity index (χ3n) is 1.90. The van der Waals surface area contributed by atoms with E-state index in [1.54, 1.807) is 11.3 Å². The van der Waals surface area contributed by atoms with Gasteiger partial charge < -0.3 is 5.11 Å². The first-order valence-corrected chi connectivity index (χ1v) is 5.36. The number of carbonyl (C=O) groups is 1. The van der Waals surface area contributed by atoms with Crippen LogP contribution in [0.3, 0.4) is 0 Å². The molecule has 0 saturated heterocycles. The first-order chi connectivity index (χ1) is 6.59. The average molecular weight is 210 g/mol. The van der Waals surface area contributed by atoms with Gasteiger partial charge in [-0.15, -0.1) is 11.3 Å². The van der Waals surface area contributed by atoms with E-state index < -0.39 is 5.97 Å². The van der Waals surface area contributed by atoms with Crippen LogP contribution in [0.5, 0.6) is 0 Å². The SMILES string of the molecule is Cc1cc(C=CCCC(=O)O)c(C)s1. The predicted molar refractivity (Wildman–Crippen MR) is 59.7 cm³/mol. The van der Waals surface area contributed by atoms with E-state index in [2.05, 4.69) is 19.9 Å². The molecule has 76 valence electrons. The molecule has 0 radical (unpaired) electrons. The van der Waals surface area contributed by atoms with Gasteiger partial charge in [-0.25, -0.2) is 0 Å². The van der Waals surface area contributed by atoms with E-state index in [1.165, 1.54) is 15.3 Å². The van der Waals surface area contributed by atoms with E-state index in [4.69, 9.17) is 5.11 Å². The van der Waals surface area contributed by atoms with Gasteiger partial charge in [-0.2, -0.15) is 0 Å². The summed E-state index contributed by atoms with van der Waals surface area (Å²) in [6.45, 7) is 4.15. The van der Waals surface area contributed by atoms with Crippen LogP contribution in [0, 0.1) is 13.8 Å². The second-order valence-electron chi connectivity index (χ2n) is 3.20. The average Bonchev–Trinajstić information content (AvgIpc) is 2.39. The Labute approximate surface area is 87.9 Å². The number of rotatable bonds is 4. The van der Waals surface area contributed by atoms with Crippen LogP contribution in [0.25, 0.3) is 6.08 Å². The molecule has 0 aliphatic rings. The van der Waals surface area contributed by atoms with E-state index in [-0.39, 0.29) is 6.42 Å². The van der Waals surface area contributed by atoms with E-state index >= 15 is 0 Å². The maximum absolute atomic E-state index is 10.2. The van der Waals surface area contributed by atoms with Crippen molar-refractivity contribution in [3.05, 3.63) is 27.5 Å². The number of aliphatic carboxylic acids is 1. The lowest BCUT2D eigenvalue weighted by Crippen LogP contribution is -1.91. The summed E-state index contributed by atoms with van der Waals surface area (Å²) in [5.74, 6) is -0.743. The van der Waals surface area contributed by atoms with Gasteiger partial charge in [0.05, 0.1) is 0 Å². The summed E-state index contributed by atoms with van der Waals surface area (Å²) in [6.07, 6.45) is 4.73. The van der Waals surface area contributed by atoms with Gasteiger partial charge >= 0.3 is 5.97 Å². The maximum atomic E-state index is 10.2. The van der Waals surface area contributed by atoms with E-state index in [9.17, 15) is 4.79 Å². The summed E-state index contributed by atoms with van der Waals surface area (Å²) in [6, 6.07) is 2.12. The lowest BCUT2D eigenvalue weighted by molar-refractivity contribution is -0.136. The minimum Gasteiger partial charge on any atom is -0.481 e. The zero-order valence-electron chi connectivity index (χ0n) is 8.41. The van der Waals surface area contributed by atoms with Crippen molar-refractivity contribution in [1.29, 1.82) is 0 Å². The van der Waals surface area contributed by atoms with Crippen LogP contribution in [-0.2, 0) is 4.79 Å². The van der Waals surface area contributed by atoms with Gasteiger partial charge in [0.1, 0.15) is 0 Å². The molecule has 0 amide bonds. The Morgan fingerprint density at radius 3 is 2.79 bits per heavy atom. The Kier molecular flexibility index (Phi) is 3.89. The molecule has 0 unspecified atom stereocenters. The molecule has 0 aliphatic heterocycles. The van der Waals surface area contributed by atoms with Gasteiger partial charge in [-0.1, -0.05) is 12.2 Å². The van der Waals surface area contributed by atoms with Crippen molar-refractivity contribution in [1.82, 2.24) is 0 Å². The summed E-state index contributed by atoms with van der Waals surface area (Å²) >= 11 is 1.77. The molecule has 0 spiro atoms. The summed E-state index contributed by atoms with van der Waals surface area (Å²) in [5.41, 5.74) is 1.21. The van der Waals surface area contributed by atoms with Crippen molar-refractivity contribution in [2.75, 3.05) is 0 Å². The van der Waals surface area contributed by atoms with Crippen molar-refractivity contribution in [2.45, 2.75) is 26.7 Å². The Hall–Kier alpha value is -1.09. The monoisotopic (exact) mass is 210 g/mol. The number of carboxylic acids is 1. The van der Waals surface area contributed by atoms with Gasteiger partial charge in [-0.3, -0.25) is 4.79 Å². The summed E-state index contributed by atoms with van der Waals surface area (Å²) in [4.78, 5) is 12.8. The molecule has 0 saturated carbocycles. The van der Waals surface area contributed by atoms with Crippen LogP contribution in [0.1, 0.15) is 28.2 Å². The number of thiophene rings is 1. The summed E-state index contributed by atoms with van der Waals surface area (Å²) in [5, 5.41) is 8.44. The van der Waals surface area contributed by atoms with Crippen molar-refractivity contribution >= 4 is 23.4 Å². The molecule has 1 N–H and O–H groups in total. The molecule has 0 bridgehead atoms. The fourth-order valence-electron chi connectivity index (χ4n) is 1.23. The molecule has 14 heavy (non-hydrogen) atoms. The lowest BCUT2D eigenvalue weighted by atomic mass is 10.2. The number of allylic oxidation sites excluding steroid dienone is 1. The fourth-order valence-corrected chi connectivity index (χ4v) is 2.15. The Bertz CT molecular complexity index is 350. The standard InChI is InChI=1S/C11H14O2S/c1-8-7-10(9(2)14-8)5-3-4-6-11(12)13/h3,5,7H,4,6H2,1-2H3,(H,12,13). The molecule has 0 aliphatic carbocycles. The number of carboxylic acid groups (broad SMARTS) is 1. The largest absolute Gasteiger partial charge is 0.481 e. The van der Waals surface area contributed by atoms with Gasteiger partial charge in [0.15, 0.2) is 0 Å². The van der Waals surface area contributed by atoms with Crippen molar-refractivity contribution in [2.24, 2.45) is 0 Å². The molecular formula is C11H14O2S. The minimum atomic E-state index is -0.743. The van der Waals surface area contributed by atoms with Crippen LogP contribution in [0.4, 0.5) is 0 Å². The van der Waals surface area contributed by atoms with E-state index in [0.29, 0.717) is 6.42 Å². The molecule has 2 nitrogen and oxygen atoms in total. The van der Waals surface area contributed by atoms with Crippen LogP contribution in [-0.4, -0.2) is 11.1 Å². The molecule has 1 heterocycles.